The fourth-order valence-corrected chi connectivity index (χ4v) is 3.71. The van der Waals surface area contributed by atoms with E-state index in [0.29, 0.717) is 16.6 Å². The molecule has 118 valence electrons. The third kappa shape index (κ3) is 5.60. The number of rotatable bonds is 7. The number of halogens is 2. The lowest BCUT2D eigenvalue weighted by Crippen LogP contribution is -2.24. The molecule has 0 aliphatic carbocycles. The molecule has 0 radical (unpaired) electrons. The zero-order valence-electron chi connectivity index (χ0n) is 12.1. The molecular formula is C14H19BrClNO3S. The zero-order valence-corrected chi connectivity index (χ0v) is 15.2. The maximum atomic E-state index is 12.1. The average molecular weight is 397 g/mol. The number of carbonyl (C=O) groups excluding carboxylic acids is 1. The summed E-state index contributed by atoms with van der Waals surface area (Å²) in [6.07, 6.45) is 4.25. The minimum Gasteiger partial charge on any atom is -0.352 e. The molecular weight excluding hydrogens is 378 g/mol. The Hall–Kier alpha value is -0.590. The monoisotopic (exact) mass is 395 g/mol. The maximum Gasteiger partial charge on any atom is 0.261 e. The fraction of sp³-hybridized carbons (Fsp3) is 0.500. The van der Waals surface area contributed by atoms with Crippen LogP contribution in [0.2, 0.25) is 0 Å². The highest BCUT2D eigenvalue weighted by Gasteiger charge is 2.19. The van der Waals surface area contributed by atoms with Crippen LogP contribution in [0.15, 0.2) is 21.5 Å². The van der Waals surface area contributed by atoms with Crippen LogP contribution in [0.1, 0.15) is 48.5 Å². The molecule has 21 heavy (non-hydrogen) atoms. The second kappa shape index (κ2) is 8.15. The summed E-state index contributed by atoms with van der Waals surface area (Å²) >= 11 is 3.26. The van der Waals surface area contributed by atoms with Crippen LogP contribution in [-0.4, -0.2) is 20.9 Å². The molecule has 1 aromatic rings. The van der Waals surface area contributed by atoms with Crippen LogP contribution in [0, 0.1) is 6.92 Å². The van der Waals surface area contributed by atoms with E-state index >= 15 is 0 Å². The highest BCUT2D eigenvalue weighted by molar-refractivity contribution is 9.10. The maximum absolute atomic E-state index is 12.1. The first-order chi connectivity index (χ1) is 9.77. The normalized spacial score (nSPS) is 11.4. The van der Waals surface area contributed by atoms with E-state index in [4.69, 9.17) is 10.7 Å². The number of amides is 1. The van der Waals surface area contributed by atoms with E-state index in [2.05, 4.69) is 28.2 Å². The molecule has 1 amide bonds. The van der Waals surface area contributed by atoms with Crippen molar-refractivity contribution >= 4 is 41.6 Å². The Morgan fingerprint density at radius 2 is 1.95 bits per heavy atom. The van der Waals surface area contributed by atoms with Gasteiger partial charge in [-0.15, -0.1) is 0 Å². The molecule has 0 aliphatic heterocycles. The largest absolute Gasteiger partial charge is 0.352 e. The summed E-state index contributed by atoms with van der Waals surface area (Å²) in [7, 11) is 1.51. The molecule has 0 atom stereocenters. The minimum atomic E-state index is -3.88. The molecule has 0 aliphatic rings. The molecule has 0 unspecified atom stereocenters. The van der Waals surface area contributed by atoms with Gasteiger partial charge in [0.25, 0.3) is 15.0 Å². The lowest BCUT2D eigenvalue weighted by atomic mass is 10.1. The molecule has 0 bridgehead atoms. The topological polar surface area (TPSA) is 63.2 Å². The van der Waals surface area contributed by atoms with Gasteiger partial charge in [0.05, 0.1) is 4.90 Å². The average Bonchev–Trinajstić information content (AvgIpc) is 2.39. The number of hydrogen-bond donors (Lipinski definition) is 1. The van der Waals surface area contributed by atoms with Crippen molar-refractivity contribution in [3.63, 3.8) is 0 Å². The molecule has 4 nitrogen and oxygen atoms in total. The first-order valence-electron chi connectivity index (χ1n) is 6.80. The second-order valence-electron chi connectivity index (χ2n) is 4.84. The van der Waals surface area contributed by atoms with Crippen LogP contribution in [0.3, 0.4) is 0 Å². The summed E-state index contributed by atoms with van der Waals surface area (Å²) in [6.45, 7) is 4.33. The molecule has 1 aromatic carbocycles. The number of unbranched alkanes of at least 4 members (excludes halogenated alkanes) is 3. The number of benzene rings is 1. The number of nitrogens with one attached hydrogen (secondary N) is 1. The van der Waals surface area contributed by atoms with Gasteiger partial charge in [-0.3, -0.25) is 4.79 Å². The van der Waals surface area contributed by atoms with Gasteiger partial charge < -0.3 is 5.32 Å². The van der Waals surface area contributed by atoms with Crippen LogP contribution in [0.25, 0.3) is 0 Å². The molecule has 0 heterocycles. The van der Waals surface area contributed by atoms with Gasteiger partial charge in [0.2, 0.25) is 0 Å². The van der Waals surface area contributed by atoms with E-state index in [-0.39, 0.29) is 16.4 Å². The van der Waals surface area contributed by atoms with Gasteiger partial charge in [-0.2, -0.15) is 0 Å². The predicted molar refractivity (Wildman–Crippen MR) is 88.4 cm³/mol. The smallest absolute Gasteiger partial charge is 0.261 e. The second-order valence-corrected chi connectivity index (χ2v) is 8.22. The van der Waals surface area contributed by atoms with Gasteiger partial charge in [-0.25, -0.2) is 8.42 Å². The quantitative estimate of drug-likeness (QED) is 0.560. The van der Waals surface area contributed by atoms with Crippen LogP contribution in [0.5, 0.6) is 0 Å². The number of carbonyl (C=O) groups is 1. The molecule has 0 fully saturated rings. The van der Waals surface area contributed by atoms with E-state index in [1.54, 1.807) is 13.0 Å². The summed E-state index contributed by atoms with van der Waals surface area (Å²) in [6, 6.07) is 2.91. The number of hydrogen-bond acceptors (Lipinski definition) is 3. The Morgan fingerprint density at radius 3 is 2.52 bits per heavy atom. The summed E-state index contributed by atoms with van der Waals surface area (Å²) in [5, 5.41) is 2.79. The van der Waals surface area contributed by atoms with E-state index in [0.717, 1.165) is 25.7 Å². The minimum absolute atomic E-state index is 0.0466. The lowest BCUT2D eigenvalue weighted by molar-refractivity contribution is 0.0952. The van der Waals surface area contributed by atoms with E-state index < -0.39 is 9.05 Å². The highest BCUT2D eigenvalue weighted by Crippen LogP contribution is 2.28. The summed E-state index contributed by atoms with van der Waals surface area (Å²) in [5.41, 5.74) is 0.770. The Morgan fingerprint density at radius 1 is 1.29 bits per heavy atom. The summed E-state index contributed by atoms with van der Waals surface area (Å²) in [4.78, 5) is 12.0. The Labute approximate surface area is 138 Å². The van der Waals surface area contributed by atoms with Crippen LogP contribution in [0.4, 0.5) is 0 Å². The molecule has 0 spiro atoms. The fourth-order valence-electron chi connectivity index (χ4n) is 1.89. The van der Waals surface area contributed by atoms with Gasteiger partial charge in [0.1, 0.15) is 0 Å². The molecule has 0 saturated heterocycles. The van der Waals surface area contributed by atoms with E-state index in [1.165, 1.54) is 6.07 Å². The molecule has 1 rings (SSSR count). The van der Waals surface area contributed by atoms with Gasteiger partial charge in [0.15, 0.2) is 0 Å². The molecule has 0 aromatic heterocycles. The van der Waals surface area contributed by atoms with Gasteiger partial charge in [0, 0.05) is 27.3 Å². The van der Waals surface area contributed by atoms with E-state index in [1.807, 2.05) is 0 Å². The molecule has 0 saturated carbocycles. The van der Waals surface area contributed by atoms with Crippen molar-refractivity contribution in [3.05, 3.63) is 27.7 Å². The predicted octanol–water partition coefficient (Wildman–Crippen LogP) is 4.00. The van der Waals surface area contributed by atoms with E-state index in [9.17, 15) is 13.2 Å². The van der Waals surface area contributed by atoms with Crippen molar-refractivity contribution in [2.24, 2.45) is 0 Å². The van der Waals surface area contributed by atoms with Crippen molar-refractivity contribution in [2.75, 3.05) is 6.54 Å². The first-order valence-corrected chi connectivity index (χ1v) is 9.90. The summed E-state index contributed by atoms with van der Waals surface area (Å²) in [5.74, 6) is -0.297. The standard InChI is InChI=1S/C14H19BrClNO3S/c1-3-4-5-6-7-17-14(18)11-8-12(15)10(2)13(9-11)21(16,19)20/h8-9H,3-7H2,1-2H3,(H,17,18). The van der Waals surface area contributed by atoms with Crippen molar-refractivity contribution in [1.82, 2.24) is 5.32 Å². The molecule has 1 N–H and O–H groups in total. The Balaban J connectivity index is 2.84. The Kier molecular flexibility index (Phi) is 7.16. The zero-order chi connectivity index (χ0) is 16.0. The Bertz CT molecular complexity index is 617. The van der Waals surface area contributed by atoms with Crippen molar-refractivity contribution in [3.8, 4) is 0 Å². The van der Waals surface area contributed by atoms with Crippen molar-refractivity contribution in [2.45, 2.75) is 44.4 Å². The SMILES string of the molecule is CCCCCCNC(=O)c1cc(Br)c(C)c(S(=O)(=O)Cl)c1. The van der Waals surface area contributed by atoms with Crippen LogP contribution >= 0.6 is 26.6 Å². The summed E-state index contributed by atoms with van der Waals surface area (Å²) < 4.78 is 23.6. The molecule has 7 heteroatoms. The third-order valence-electron chi connectivity index (χ3n) is 3.14. The highest BCUT2D eigenvalue weighted by atomic mass is 79.9. The van der Waals surface area contributed by atoms with Crippen LogP contribution in [-0.2, 0) is 9.05 Å². The van der Waals surface area contributed by atoms with Gasteiger partial charge in [-0.05, 0) is 31.0 Å². The third-order valence-corrected chi connectivity index (χ3v) is 5.41. The van der Waals surface area contributed by atoms with Crippen molar-refractivity contribution in [1.29, 1.82) is 0 Å². The lowest BCUT2D eigenvalue weighted by Gasteiger charge is -2.09. The van der Waals surface area contributed by atoms with Crippen LogP contribution < -0.4 is 5.32 Å². The van der Waals surface area contributed by atoms with Gasteiger partial charge in [-0.1, -0.05) is 42.1 Å². The first kappa shape index (κ1) is 18.5. The van der Waals surface area contributed by atoms with Gasteiger partial charge >= 0.3 is 0 Å². The van der Waals surface area contributed by atoms with Crippen molar-refractivity contribution < 1.29 is 13.2 Å².